The quantitative estimate of drug-likeness (QED) is 0.253. The van der Waals surface area contributed by atoms with Gasteiger partial charge in [0, 0.05) is 49.1 Å². The van der Waals surface area contributed by atoms with Crippen LogP contribution in [-0.4, -0.2) is 63.0 Å². The number of likely N-dealkylation sites (tertiary alicyclic amines) is 1. The van der Waals surface area contributed by atoms with Crippen molar-refractivity contribution in [2.45, 2.75) is 50.1 Å². The first-order chi connectivity index (χ1) is 20.5. The Kier molecular flexibility index (Phi) is 6.90. The largest absolute Gasteiger partial charge is 0.457 e. The fraction of sp³-hybridized carbons (Fsp3) is 0.364. The summed E-state index contributed by atoms with van der Waals surface area (Å²) in [5.41, 5.74) is 10.6. The first-order valence-electron chi connectivity index (χ1n) is 14.8. The Balaban J connectivity index is 1.19. The standard InChI is InChI=1S/C33H35FN6O2/c1-38(24-11-12-24)16-3-6-28(41)39-17-15-25(19-39)40-31(22-7-8-22)29(30-32(35)36-20-37-33(30)40)21-9-13-26(14-10-21)42-27-5-2-4-23(34)18-27/h2-6,9-10,13-14,18,20,22,24-25H,7-8,11-12,15-17,19H2,1H3,(H2,35,36,37)/b6-3+/t25-/m1/s1. The summed E-state index contributed by atoms with van der Waals surface area (Å²) in [5, 5.41) is 0.853. The van der Waals surface area contributed by atoms with E-state index in [4.69, 9.17) is 15.5 Å². The highest BCUT2D eigenvalue weighted by molar-refractivity contribution is 6.03. The van der Waals surface area contributed by atoms with Crippen LogP contribution in [-0.2, 0) is 4.79 Å². The third kappa shape index (κ3) is 5.25. The molecule has 0 bridgehead atoms. The van der Waals surface area contributed by atoms with Gasteiger partial charge in [-0.2, -0.15) is 0 Å². The van der Waals surface area contributed by atoms with E-state index in [0.29, 0.717) is 42.4 Å². The molecule has 7 rings (SSSR count). The van der Waals surface area contributed by atoms with Crippen molar-refractivity contribution in [2.24, 2.45) is 0 Å². The average Bonchev–Trinajstić information content (AvgIpc) is 3.92. The van der Waals surface area contributed by atoms with E-state index in [2.05, 4.69) is 21.5 Å². The van der Waals surface area contributed by atoms with E-state index in [9.17, 15) is 9.18 Å². The Hall–Kier alpha value is -4.24. The van der Waals surface area contributed by atoms with Gasteiger partial charge in [-0.3, -0.25) is 9.69 Å². The van der Waals surface area contributed by atoms with Crippen molar-refractivity contribution in [3.8, 4) is 22.6 Å². The van der Waals surface area contributed by atoms with E-state index < -0.39 is 0 Å². The van der Waals surface area contributed by atoms with E-state index in [1.165, 1.54) is 37.0 Å². The van der Waals surface area contributed by atoms with Gasteiger partial charge in [0.05, 0.1) is 11.4 Å². The number of amides is 1. The molecule has 0 unspecified atom stereocenters. The van der Waals surface area contributed by atoms with E-state index in [1.54, 1.807) is 18.2 Å². The average molecular weight is 567 g/mol. The molecule has 8 nitrogen and oxygen atoms in total. The SMILES string of the molecule is CN(C/C=C/C(=O)N1CC[C@@H](n2c(C3CC3)c(-c3ccc(Oc4cccc(F)c4)cc3)c3c(N)ncnc32)C1)C1CC1. The van der Waals surface area contributed by atoms with Crippen LogP contribution < -0.4 is 10.5 Å². The van der Waals surface area contributed by atoms with Gasteiger partial charge in [0.15, 0.2) is 0 Å². The predicted molar refractivity (Wildman–Crippen MR) is 161 cm³/mol. The molecule has 3 heterocycles. The number of benzene rings is 2. The number of aromatic nitrogens is 3. The zero-order chi connectivity index (χ0) is 28.8. The molecule has 0 radical (unpaired) electrons. The fourth-order valence-electron chi connectivity index (χ4n) is 6.19. The van der Waals surface area contributed by atoms with Gasteiger partial charge >= 0.3 is 0 Å². The number of likely N-dealkylation sites (N-methyl/N-ethyl adjacent to an activating group) is 1. The lowest BCUT2D eigenvalue weighted by Gasteiger charge is -2.19. The monoisotopic (exact) mass is 566 g/mol. The topological polar surface area (TPSA) is 89.5 Å². The maximum Gasteiger partial charge on any atom is 0.246 e. The van der Waals surface area contributed by atoms with Crippen molar-refractivity contribution < 1.29 is 13.9 Å². The lowest BCUT2D eigenvalue weighted by Crippen LogP contribution is -2.28. The number of rotatable bonds is 9. The summed E-state index contributed by atoms with van der Waals surface area (Å²) < 4.78 is 21.9. The summed E-state index contributed by atoms with van der Waals surface area (Å²) in [6, 6.07) is 14.7. The van der Waals surface area contributed by atoms with Crippen LogP contribution >= 0.6 is 0 Å². The molecule has 2 aliphatic carbocycles. The van der Waals surface area contributed by atoms with Gasteiger partial charge in [-0.15, -0.1) is 0 Å². The Morgan fingerprint density at radius 2 is 1.90 bits per heavy atom. The van der Waals surface area contributed by atoms with Gasteiger partial charge in [-0.25, -0.2) is 14.4 Å². The Labute approximate surface area is 244 Å². The maximum absolute atomic E-state index is 13.6. The third-order valence-electron chi connectivity index (χ3n) is 8.65. The van der Waals surface area contributed by atoms with E-state index >= 15 is 0 Å². The zero-order valence-corrected chi connectivity index (χ0v) is 23.7. The molecule has 9 heteroatoms. The predicted octanol–water partition coefficient (Wildman–Crippen LogP) is 5.91. The molecule has 1 amide bonds. The van der Waals surface area contributed by atoms with E-state index in [1.807, 2.05) is 35.2 Å². The molecule has 2 aromatic carbocycles. The molecule has 0 spiro atoms. The number of nitrogen functional groups attached to an aromatic ring is 1. The van der Waals surface area contributed by atoms with Crippen LogP contribution in [0.2, 0.25) is 0 Å². The summed E-state index contributed by atoms with van der Waals surface area (Å²) in [4.78, 5) is 26.4. The third-order valence-corrected chi connectivity index (χ3v) is 8.65. The smallest absolute Gasteiger partial charge is 0.246 e. The van der Waals surface area contributed by atoms with E-state index in [-0.39, 0.29) is 17.8 Å². The van der Waals surface area contributed by atoms with Crippen LogP contribution in [0.5, 0.6) is 11.5 Å². The number of carbonyl (C=O) groups is 1. The molecule has 2 N–H and O–H groups in total. The molecular weight excluding hydrogens is 531 g/mol. The van der Waals surface area contributed by atoms with Crippen molar-refractivity contribution in [1.82, 2.24) is 24.3 Å². The number of nitrogens with two attached hydrogens (primary N) is 1. The molecule has 42 heavy (non-hydrogen) atoms. The molecule has 1 aliphatic heterocycles. The van der Waals surface area contributed by atoms with Crippen LogP contribution in [0.4, 0.5) is 10.2 Å². The summed E-state index contributed by atoms with van der Waals surface area (Å²) >= 11 is 0. The molecule has 4 aromatic rings. The molecule has 1 saturated heterocycles. The van der Waals surface area contributed by atoms with Gasteiger partial charge in [0.2, 0.25) is 5.91 Å². The highest BCUT2D eigenvalue weighted by Gasteiger charge is 2.38. The van der Waals surface area contributed by atoms with Crippen molar-refractivity contribution in [1.29, 1.82) is 0 Å². The van der Waals surface area contributed by atoms with Crippen molar-refractivity contribution >= 4 is 22.8 Å². The number of hydrogen-bond donors (Lipinski definition) is 1. The second-order valence-corrected chi connectivity index (χ2v) is 11.7. The fourth-order valence-corrected chi connectivity index (χ4v) is 6.19. The van der Waals surface area contributed by atoms with Gasteiger partial charge in [-0.05, 0) is 74.9 Å². The summed E-state index contributed by atoms with van der Waals surface area (Å²) in [6.45, 7) is 2.14. The normalized spacial score (nSPS) is 18.9. The van der Waals surface area contributed by atoms with Gasteiger partial charge in [-0.1, -0.05) is 24.3 Å². The first-order valence-corrected chi connectivity index (χ1v) is 14.8. The van der Waals surface area contributed by atoms with Crippen LogP contribution in [0, 0.1) is 5.82 Å². The van der Waals surface area contributed by atoms with Crippen molar-refractivity contribution in [2.75, 3.05) is 32.4 Å². The van der Waals surface area contributed by atoms with Gasteiger partial charge in [0.1, 0.15) is 35.1 Å². The minimum absolute atomic E-state index is 0.0642. The molecule has 2 saturated carbocycles. The summed E-state index contributed by atoms with van der Waals surface area (Å²) in [7, 11) is 2.12. The number of nitrogens with zero attached hydrogens (tertiary/aromatic N) is 5. The second-order valence-electron chi connectivity index (χ2n) is 11.7. The van der Waals surface area contributed by atoms with Gasteiger partial charge < -0.3 is 19.9 Å². The molecule has 1 atom stereocenters. The minimum Gasteiger partial charge on any atom is -0.457 e. The molecule has 3 aliphatic rings. The van der Waals surface area contributed by atoms with Crippen molar-refractivity contribution in [3.05, 3.63) is 78.5 Å². The van der Waals surface area contributed by atoms with Crippen LogP contribution in [0.3, 0.4) is 0 Å². The van der Waals surface area contributed by atoms with Crippen LogP contribution in [0.1, 0.15) is 49.8 Å². The second kappa shape index (κ2) is 10.9. The number of anilines is 1. The van der Waals surface area contributed by atoms with Crippen LogP contribution in [0.25, 0.3) is 22.2 Å². The van der Waals surface area contributed by atoms with E-state index in [0.717, 1.165) is 48.0 Å². The highest BCUT2D eigenvalue weighted by atomic mass is 19.1. The number of ether oxygens (including phenoxy) is 1. The number of halogens is 1. The van der Waals surface area contributed by atoms with Crippen molar-refractivity contribution in [3.63, 3.8) is 0 Å². The molecule has 216 valence electrons. The Bertz CT molecular complexity index is 1660. The first kappa shape index (κ1) is 26.6. The molecule has 3 fully saturated rings. The summed E-state index contributed by atoms with van der Waals surface area (Å²) in [5.74, 6) is 1.64. The number of hydrogen-bond acceptors (Lipinski definition) is 6. The van der Waals surface area contributed by atoms with Gasteiger partial charge in [0.25, 0.3) is 0 Å². The Morgan fingerprint density at radius 3 is 2.64 bits per heavy atom. The zero-order valence-electron chi connectivity index (χ0n) is 23.7. The maximum atomic E-state index is 13.6. The minimum atomic E-state index is -0.342. The summed E-state index contributed by atoms with van der Waals surface area (Å²) in [6.07, 6.45) is 10.8. The Morgan fingerprint density at radius 1 is 1.10 bits per heavy atom. The lowest BCUT2D eigenvalue weighted by molar-refractivity contribution is -0.125. The molecular formula is C33H35FN6O2. The number of fused-ring (bicyclic) bond motifs is 1. The molecule has 2 aromatic heterocycles. The lowest BCUT2D eigenvalue weighted by atomic mass is 10.0. The number of carbonyl (C=O) groups excluding carboxylic acids is 1. The van der Waals surface area contributed by atoms with Crippen LogP contribution in [0.15, 0.2) is 67.0 Å². The highest BCUT2D eigenvalue weighted by Crippen LogP contribution is 2.51.